The maximum Gasteiger partial charge on any atom is 0.175 e. The Bertz CT molecular complexity index is 831. The minimum atomic E-state index is 0.544. The Hall–Kier alpha value is -2.53. The van der Waals surface area contributed by atoms with Crippen molar-refractivity contribution in [3.63, 3.8) is 0 Å². The molecule has 110 valence electrons. The fraction of sp³-hybridized carbons (Fsp3) is 0.118. The second-order valence-corrected chi connectivity index (χ2v) is 5.45. The van der Waals surface area contributed by atoms with Crippen LogP contribution in [0, 0.1) is 13.8 Å². The first-order chi connectivity index (χ1) is 10.6. The number of para-hydroxylation sites is 1. The highest BCUT2D eigenvalue weighted by Crippen LogP contribution is 2.18. The van der Waals surface area contributed by atoms with E-state index in [0.29, 0.717) is 5.11 Å². The number of hydrogen-bond donors (Lipinski definition) is 2. The van der Waals surface area contributed by atoms with Crippen LogP contribution in [0.25, 0.3) is 11.0 Å². The molecule has 4 nitrogen and oxygen atoms in total. The van der Waals surface area contributed by atoms with E-state index in [-0.39, 0.29) is 0 Å². The second-order valence-electron chi connectivity index (χ2n) is 5.04. The van der Waals surface area contributed by atoms with Gasteiger partial charge in [0, 0.05) is 11.4 Å². The predicted molar refractivity (Wildman–Crippen MR) is 95.3 cm³/mol. The molecule has 0 spiro atoms. The molecule has 22 heavy (non-hydrogen) atoms. The van der Waals surface area contributed by atoms with E-state index in [9.17, 15) is 0 Å². The molecule has 0 amide bonds. The van der Waals surface area contributed by atoms with Crippen LogP contribution in [0.5, 0.6) is 0 Å². The molecule has 1 aromatic heterocycles. The maximum atomic E-state index is 5.33. The summed E-state index contributed by atoms with van der Waals surface area (Å²) < 4.78 is 0. The first-order valence-electron chi connectivity index (χ1n) is 7.00. The molecule has 0 saturated carbocycles. The van der Waals surface area contributed by atoms with Crippen LogP contribution in [-0.2, 0) is 0 Å². The predicted octanol–water partition coefficient (Wildman–Crippen LogP) is 4.06. The minimum absolute atomic E-state index is 0.544. The van der Waals surface area contributed by atoms with E-state index < -0.39 is 0 Å². The Balaban J connectivity index is 1.79. The lowest BCUT2D eigenvalue weighted by atomic mass is 10.2. The van der Waals surface area contributed by atoms with Crippen LogP contribution >= 0.6 is 12.2 Å². The van der Waals surface area contributed by atoms with Gasteiger partial charge in [-0.1, -0.05) is 18.2 Å². The Morgan fingerprint density at radius 1 is 0.818 bits per heavy atom. The summed E-state index contributed by atoms with van der Waals surface area (Å²) in [5.74, 6) is 0. The SMILES string of the molecule is Cc1nc2ccc(NC(=S)Nc3ccccc3)cc2nc1C. The van der Waals surface area contributed by atoms with Crippen molar-refractivity contribution in [3.8, 4) is 0 Å². The summed E-state index contributed by atoms with van der Waals surface area (Å²) in [5, 5.41) is 6.86. The summed E-state index contributed by atoms with van der Waals surface area (Å²) in [6, 6.07) is 15.7. The number of fused-ring (bicyclic) bond motifs is 1. The number of anilines is 2. The fourth-order valence-electron chi connectivity index (χ4n) is 2.12. The van der Waals surface area contributed by atoms with Crippen LogP contribution in [0.4, 0.5) is 11.4 Å². The van der Waals surface area contributed by atoms with E-state index in [2.05, 4.69) is 20.6 Å². The molecule has 0 aliphatic heterocycles. The Kier molecular flexibility index (Phi) is 3.98. The van der Waals surface area contributed by atoms with Gasteiger partial charge in [0.25, 0.3) is 0 Å². The second kappa shape index (κ2) is 6.07. The van der Waals surface area contributed by atoms with E-state index in [0.717, 1.165) is 33.8 Å². The van der Waals surface area contributed by atoms with Crippen molar-refractivity contribution >= 4 is 39.7 Å². The average molecular weight is 308 g/mol. The van der Waals surface area contributed by atoms with Crippen LogP contribution in [0.2, 0.25) is 0 Å². The molecule has 3 rings (SSSR count). The first-order valence-corrected chi connectivity index (χ1v) is 7.41. The lowest BCUT2D eigenvalue weighted by Crippen LogP contribution is -2.18. The van der Waals surface area contributed by atoms with Crippen LogP contribution in [0.3, 0.4) is 0 Å². The zero-order valence-corrected chi connectivity index (χ0v) is 13.2. The van der Waals surface area contributed by atoms with Gasteiger partial charge in [-0.2, -0.15) is 0 Å². The van der Waals surface area contributed by atoms with Crippen LogP contribution in [0.1, 0.15) is 11.4 Å². The molecule has 2 N–H and O–H groups in total. The van der Waals surface area contributed by atoms with Crippen LogP contribution < -0.4 is 10.6 Å². The van der Waals surface area contributed by atoms with Gasteiger partial charge in [-0.3, -0.25) is 0 Å². The van der Waals surface area contributed by atoms with E-state index >= 15 is 0 Å². The largest absolute Gasteiger partial charge is 0.332 e. The lowest BCUT2D eigenvalue weighted by molar-refractivity contribution is 1.10. The Labute approximate surface area is 134 Å². The monoisotopic (exact) mass is 308 g/mol. The normalized spacial score (nSPS) is 10.5. The third-order valence-electron chi connectivity index (χ3n) is 3.36. The number of nitrogens with zero attached hydrogens (tertiary/aromatic N) is 2. The van der Waals surface area contributed by atoms with Crippen molar-refractivity contribution < 1.29 is 0 Å². The molecule has 5 heteroatoms. The maximum absolute atomic E-state index is 5.33. The Morgan fingerprint density at radius 3 is 2.18 bits per heavy atom. The number of nitrogens with one attached hydrogen (secondary N) is 2. The van der Waals surface area contributed by atoms with Gasteiger partial charge in [0.05, 0.1) is 22.4 Å². The molecule has 2 aromatic carbocycles. The topological polar surface area (TPSA) is 49.8 Å². The highest BCUT2D eigenvalue weighted by atomic mass is 32.1. The van der Waals surface area contributed by atoms with Crippen LogP contribution in [0.15, 0.2) is 48.5 Å². The molecule has 0 aliphatic carbocycles. The standard InChI is InChI=1S/C17H16N4S/c1-11-12(2)19-16-10-14(8-9-15(16)18-11)21-17(22)20-13-6-4-3-5-7-13/h3-10H,1-2H3,(H2,20,21,22). The van der Waals surface area contributed by atoms with E-state index in [1.807, 2.05) is 62.4 Å². The van der Waals surface area contributed by atoms with Crippen molar-refractivity contribution in [2.45, 2.75) is 13.8 Å². The summed E-state index contributed by atoms with van der Waals surface area (Å²) >= 11 is 5.33. The minimum Gasteiger partial charge on any atom is -0.332 e. The molecule has 0 aliphatic rings. The van der Waals surface area contributed by atoms with Gasteiger partial charge in [-0.05, 0) is 56.4 Å². The number of hydrogen-bond acceptors (Lipinski definition) is 3. The molecule has 0 fully saturated rings. The van der Waals surface area contributed by atoms with Gasteiger partial charge < -0.3 is 10.6 Å². The van der Waals surface area contributed by atoms with Gasteiger partial charge in [0.1, 0.15) is 0 Å². The summed E-state index contributed by atoms with van der Waals surface area (Å²) in [7, 11) is 0. The molecule has 0 bridgehead atoms. The highest BCUT2D eigenvalue weighted by molar-refractivity contribution is 7.80. The van der Waals surface area contributed by atoms with Gasteiger partial charge in [0.15, 0.2) is 5.11 Å². The first kappa shape index (κ1) is 14.4. The third-order valence-corrected chi connectivity index (χ3v) is 3.57. The Morgan fingerprint density at radius 2 is 1.45 bits per heavy atom. The lowest BCUT2D eigenvalue weighted by Gasteiger charge is -2.11. The summed E-state index contributed by atoms with van der Waals surface area (Å²) in [5.41, 5.74) is 5.47. The number of aryl methyl sites for hydroxylation is 2. The van der Waals surface area contributed by atoms with Gasteiger partial charge in [0.2, 0.25) is 0 Å². The highest BCUT2D eigenvalue weighted by Gasteiger charge is 2.04. The molecule has 0 radical (unpaired) electrons. The smallest absolute Gasteiger partial charge is 0.175 e. The van der Waals surface area contributed by atoms with Gasteiger partial charge >= 0.3 is 0 Å². The molecule has 0 saturated heterocycles. The number of thiocarbonyl (C=S) groups is 1. The quantitative estimate of drug-likeness (QED) is 0.699. The van der Waals surface area contributed by atoms with Crippen molar-refractivity contribution in [3.05, 3.63) is 59.9 Å². The van der Waals surface area contributed by atoms with Gasteiger partial charge in [-0.25, -0.2) is 9.97 Å². The fourth-order valence-corrected chi connectivity index (χ4v) is 2.36. The number of aromatic nitrogens is 2. The van der Waals surface area contributed by atoms with Crippen molar-refractivity contribution in [1.29, 1.82) is 0 Å². The van der Waals surface area contributed by atoms with Crippen molar-refractivity contribution in [2.24, 2.45) is 0 Å². The summed E-state index contributed by atoms with van der Waals surface area (Å²) in [6.07, 6.45) is 0. The molecular weight excluding hydrogens is 292 g/mol. The van der Waals surface area contributed by atoms with Crippen molar-refractivity contribution in [1.82, 2.24) is 9.97 Å². The molecule has 0 atom stereocenters. The van der Waals surface area contributed by atoms with E-state index in [4.69, 9.17) is 12.2 Å². The van der Waals surface area contributed by atoms with Crippen molar-refractivity contribution in [2.75, 3.05) is 10.6 Å². The molecule has 0 unspecified atom stereocenters. The molecule has 1 heterocycles. The van der Waals surface area contributed by atoms with E-state index in [1.54, 1.807) is 0 Å². The third kappa shape index (κ3) is 3.20. The summed E-state index contributed by atoms with van der Waals surface area (Å²) in [4.78, 5) is 9.09. The average Bonchev–Trinajstić information content (AvgIpc) is 2.49. The molecule has 3 aromatic rings. The van der Waals surface area contributed by atoms with Crippen LogP contribution in [-0.4, -0.2) is 15.1 Å². The van der Waals surface area contributed by atoms with Gasteiger partial charge in [-0.15, -0.1) is 0 Å². The summed E-state index contributed by atoms with van der Waals surface area (Å²) in [6.45, 7) is 3.93. The van der Waals surface area contributed by atoms with E-state index in [1.165, 1.54) is 0 Å². The number of rotatable bonds is 2. The zero-order chi connectivity index (χ0) is 15.5. The zero-order valence-electron chi connectivity index (χ0n) is 12.4. The molecular formula is C17H16N4S. The number of benzene rings is 2.